The van der Waals surface area contributed by atoms with Crippen molar-refractivity contribution >= 4 is 17.5 Å². The van der Waals surface area contributed by atoms with Crippen LogP contribution in [0.15, 0.2) is 48.5 Å². The van der Waals surface area contributed by atoms with Gasteiger partial charge in [-0.15, -0.1) is 0 Å². The molecule has 0 aromatic heterocycles. The molecule has 2 rings (SSSR count). The highest BCUT2D eigenvalue weighted by atomic mass is 16.5. The van der Waals surface area contributed by atoms with Gasteiger partial charge in [0, 0.05) is 14.1 Å². The standard InChI is InChI=1S/C19H22N2O3/c1-13-8-7-9-15(12-13)24-14(2)18(22)20-17-11-6-5-10-16(17)19(23)21(3)4/h5-12,14H,1-4H3,(H,20,22). The van der Waals surface area contributed by atoms with Crippen molar-refractivity contribution in [3.8, 4) is 5.75 Å². The van der Waals surface area contributed by atoms with Crippen LogP contribution in [0.1, 0.15) is 22.8 Å². The number of carbonyl (C=O) groups is 2. The number of aryl methyl sites for hydroxylation is 1. The second-order valence-electron chi connectivity index (χ2n) is 5.81. The molecule has 5 heteroatoms. The quantitative estimate of drug-likeness (QED) is 0.918. The summed E-state index contributed by atoms with van der Waals surface area (Å²) in [6.07, 6.45) is -0.686. The molecule has 1 N–H and O–H groups in total. The molecule has 1 atom stereocenters. The molecule has 5 nitrogen and oxygen atoms in total. The Labute approximate surface area is 142 Å². The number of rotatable bonds is 5. The molecule has 2 aromatic carbocycles. The topological polar surface area (TPSA) is 58.6 Å². The second-order valence-corrected chi connectivity index (χ2v) is 5.81. The Kier molecular flexibility index (Phi) is 5.58. The van der Waals surface area contributed by atoms with Gasteiger partial charge in [0.15, 0.2) is 6.10 Å². The fourth-order valence-corrected chi connectivity index (χ4v) is 2.20. The normalized spacial score (nSPS) is 11.5. The lowest BCUT2D eigenvalue weighted by Crippen LogP contribution is -2.31. The van der Waals surface area contributed by atoms with Gasteiger partial charge in [-0.3, -0.25) is 9.59 Å². The maximum atomic E-state index is 12.4. The lowest BCUT2D eigenvalue weighted by molar-refractivity contribution is -0.122. The molecule has 0 aliphatic heterocycles. The van der Waals surface area contributed by atoms with E-state index in [4.69, 9.17) is 4.74 Å². The Bertz CT molecular complexity index is 741. The lowest BCUT2D eigenvalue weighted by Gasteiger charge is -2.18. The van der Waals surface area contributed by atoms with E-state index in [-0.39, 0.29) is 11.8 Å². The van der Waals surface area contributed by atoms with Crippen molar-refractivity contribution < 1.29 is 14.3 Å². The van der Waals surface area contributed by atoms with Crippen LogP contribution >= 0.6 is 0 Å². The van der Waals surface area contributed by atoms with E-state index in [1.54, 1.807) is 51.4 Å². The largest absolute Gasteiger partial charge is 0.481 e. The maximum Gasteiger partial charge on any atom is 0.265 e. The van der Waals surface area contributed by atoms with Gasteiger partial charge >= 0.3 is 0 Å². The number of carbonyl (C=O) groups excluding carboxylic acids is 2. The number of para-hydroxylation sites is 1. The van der Waals surface area contributed by atoms with Crippen molar-refractivity contribution in [3.05, 3.63) is 59.7 Å². The van der Waals surface area contributed by atoms with E-state index < -0.39 is 6.10 Å². The Morgan fingerprint density at radius 2 is 1.79 bits per heavy atom. The zero-order chi connectivity index (χ0) is 17.7. The first kappa shape index (κ1) is 17.5. The summed E-state index contributed by atoms with van der Waals surface area (Å²) >= 11 is 0. The van der Waals surface area contributed by atoms with Crippen LogP contribution in [0.4, 0.5) is 5.69 Å². The van der Waals surface area contributed by atoms with Crippen molar-refractivity contribution in [2.45, 2.75) is 20.0 Å². The van der Waals surface area contributed by atoms with E-state index >= 15 is 0 Å². The maximum absolute atomic E-state index is 12.4. The third-order valence-electron chi connectivity index (χ3n) is 3.49. The molecule has 0 aliphatic carbocycles. The summed E-state index contributed by atoms with van der Waals surface area (Å²) in [5.74, 6) is 0.156. The second kappa shape index (κ2) is 7.64. The fourth-order valence-electron chi connectivity index (χ4n) is 2.20. The number of amides is 2. The highest BCUT2D eigenvalue weighted by Crippen LogP contribution is 2.18. The van der Waals surface area contributed by atoms with Crippen molar-refractivity contribution in [1.29, 1.82) is 0 Å². The van der Waals surface area contributed by atoms with Crippen LogP contribution in [0.2, 0.25) is 0 Å². The molecule has 2 aromatic rings. The average Bonchev–Trinajstić information content (AvgIpc) is 2.54. The highest BCUT2D eigenvalue weighted by molar-refractivity contribution is 6.04. The average molecular weight is 326 g/mol. The summed E-state index contributed by atoms with van der Waals surface area (Å²) < 4.78 is 5.67. The van der Waals surface area contributed by atoms with Crippen LogP contribution in [0.5, 0.6) is 5.75 Å². The molecule has 0 saturated carbocycles. The van der Waals surface area contributed by atoms with E-state index in [1.807, 2.05) is 25.1 Å². The van der Waals surface area contributed by atoms with Gasteiger partial charge < -0.3 is 15.0 Å². The molecule has 126 valence electrons. The molecule has 0 bridgehead atoms. The van der Waals surface area contributed by atoms with Gasteiger partial charge in [-0.25, -0.2) is 0 Å². The van der Waals surface area contributed by atoms with Gasteiger partial charge in [-0.2, -0.15) is 0 Å². The molecular weight excluding hydrogens is 304 g/mol. The fraction of sp³-hybridized carbons (Fsp3) is 0.263. The zero-order valence-corrected chi connectivity index (χ0v) is 14.4. The predicted octanol–water partition coefficient (Wildman–Crippen LogP) is 3.10. The first-order chi connectivity index (χ1) is 11.4. The number of nitrogens with one attached hydrogen (secondary N) is 1. The lowest BCUT2D eigenvalue weighted by atomic mass is 10.1. The van der Waals surface area contributed by atoms with Crippen molar-refractivity contribution in [2.75, 3.05) is 19.4 Å². The molecule has 24 heavy (non-hydrogen) atoms. The number of ether oxygens (including phenoxy) is 1. The Hall–Kier alpha value is -2.82. The number of hydrogen-bond donors (Lipinski definition) is 1. The Morgan fingerprint density at radius 3 is 2.46 bits per heavy atom. The molecular formula is C19H22N2O3. The Balaban J connectivity index is 2.10. The minimum atomic E-state index is -0.686. The van der Waals surface area contributed by atoms with Gasteiger partial charge in [-0.05, 0) is 43.7 Å². The first-order valence-corrected chi connectivity index (χ1v) is 7.73. The van der Waals surface area contributed by atoms with Crippen molar-refractivity contribution in [1.82, 2.24) is 4.90 Å². The summed E-state index contributed by atoms with van der Waals surface area (Å²) in [7, 11) is 3.34. The molecule has 1 unspecified atom stereocenters. The van der Waals surface area contributed by atoms with Crippen LogP contribution in [0.25, 0.3) is 0 Å². The monoisotopic (exact) mass is 326 g/mol. The third kappa shape index (κ3) is 4.35. The van der Waals surface area contributed by atoms with Crippen LogP contribution < -0.4 is 10.1 Å². The summed E-state index contributed by atoms with van der Waals surface area (Å²) in [6, 6.07) is 14.4. The number of nitrogens with zero attached hydrogens (tertiary/aromatic N) is 1. The molecule has 0 radical (unpaired) electrons. The molecule has 0 spiro atoms. The SMILES string of the molecule is Cc1cccc(OC(C)C(=O)Nc2ccccc2C(=O)N(C)C)c1. The molecule has 0 saturated heterocycles. The van der Waals surface area contributed by atoms with E-state index in [9.17, 15) is 9.59 Å². The van der Waals surface area contributed by atoms with Gasteiger partial charge in [0.1, 0.15) is 5.75 Å². The zero-order valence-electron chi connectivity index (χ0n) is 14.4. The van der Waals surface area contributed by atoms with Gasteiger partial charge in [0.25, 0.3) is 11.8 Å². The van der Waals surface area contributed by atoms with Gasteiger partial charge in [-0.1, -0.05) is 24.3 Å². The minimum absolute atomic E-state index is 0.168. The van der Waals surface area contributed by atoms with Crippen molar-refractivity contribution in [3.63, 3.8) is 0 Å². The molecule has 2 amide bonds. The summed E-state index contributed by atoms with van der Waals surface area (Å²) in [5, 5.41) is 2.77. The van der Waals surface area contributed by atoms with Crippen molar-refractivity contribution in [2.24, 2.45) is 0 Å². The van der Waals surface area contributed by atoms with E-state index in [0.29, 0.717) is 17.0 Å². The summed E-state index contributed by atoms with van der Waals surface area (Å²) in [4.78, 5) is 26.0. The Morgan fingerprint density at radius 1 is 1.08 bits per heavy atom. The van der Waals surface area contributed by atoms with E-state index in [1.165, 1.54) is 4.90 Å². The van der Waals surface area contributed by atoms with Crippen LogP contribution in [-0.2, 0) is 4.79 Å². The number of anilines is 1. The predicted molar refractivity (Wildman–Crippen MR) is 94.4 cm³/mol. The van der Waals surface area contributed by atoms with E-state index in [2.05, 4.69) is 5.32 Å². The molecule has 0 fully saturated rings. The third-order valence-corrected chi connectivity index (χ3v) is 3.49. The summed E-state index contributed by atoms with van der Waals surface area (Å²) in [5.41, 5.74) is 1.97. The molecule has 0 heterocycles. The van der Waals surface area contributed by atoms with Crippen LogP contribution in [0.3, 0.4) is 0 Å². The first-order valence-electron chi connectivity index (χ1n) is 7.73. The van der Waals surface area contributed by atoms with Crippen LogP contribution in [0, 0.1) is 6.92 Å². The number of hydrogen-bond acceptors (Lipinski definition) is 3. The van der Waals surface area contributed by atoms with Gasteiger partial charge in [0.2, 0.25) is 0 Å². The smallest absolute Gasteiger partial charge is 0.265 e. The summed E-state index contributed by atoms with van der Waals surface area (Å²) in [6.45, 7) is 3.63. The van der Waals surface area contributed by atoms with E-state index in [0.717, 1.165) is 5.56 Å². The van der Waals surface area contributed by atoms with Crippen LogP contribution in [-0.4, -0.2) is 36.9 Å². The molecule has 0 aliphatic rings. The van der Waals surface area contributed by atoms with Gasteiger partial charge in [0.05, 0.1) is 11.3 Å². The highest BCUT2D eigenvalue weighted by Gasteiger charge is 2.19. The minimum Gasteiger partial charge on any atom is -0.481 e. The number of benzene rings is 2.